The Hall–Kier alpha value is -1.65. The normalized spacial score (nSPS) is 10.4. The zero-order valence-electron chi connectivity index (χ0n) is 9.96. The number of rotatable bonds is 4. The molecule has 0 unspecified atom stereocenters. The molecule has 94 valence electrons. The van der Waals surface area contributed by atoms with Crippen molar-refractivity contribution in [3.05, 3.63) is 29.3 Å². The molecule has 2 N–H and O–H groups in total. The van der Waals surface area contributed by atoms with Crippen LogP contribution < -0.4 is 5.73 Å². The Morgan fingerprint density at radius 2 is 2.00 bits per heavy atom. The van der Waals surface area contributed by atoms with E-state index in [0.717, 1.165) is 18.6 Å². The maximum atomic E-state index is 13.6. The second-order valence-electron chi connectivity index (χ2n) is 3.74. The van der Waals surface area contributed by atoms with E-state index < -0.39 is 17.5 Å². The average Bonchev–Trinajstić information content (AvgIpc) is 2.29. The summed E-state index contributed by atoms with van der Waals surface area (Å²) in [4.78, 5) is 13.4. The minimum absolute atomic E-state index is 0.308. The number of amides is 1. The molecule has 0 radical (unpaired) electrons. The molecule has 5 heteroatoms. The third-order valence-corrected chi connectivity index (χ3v) is 2.46. The molecule has 17 heavy (non-hydrogen) atoms. The van der Waals surface area contributed by atoms with Crippen LogP contribution in [-0.4, -0.2) is 23.9 Å². The number of nitrogen functional groups attached to an aromatic ring is 1. The van der Waals surface area contributed by atoms with Crippen LogP contribution in [0, 0.1) is 11.6 Å². The topological polar surface area (TPSA) is 46.3 Å². The Bertz CT molecular complexity index is 421. The molecule has 0 spiro atoms. The van der Waals surface area contributed by atoms with Gasteiger partial charge in [-0.05, 0) is 25.5 Å². The standard InChI is InChI=1S/C12H16F2N2O/c1-3-5-16(4-2)12(17)9-6-8(13)7-10(15)11(9)14/h6-7H,3-5,15H2,1-2H3. The van der Waals surface area contributed by atoms with Crippen LogP contribution in [0.25, 0.3) is 0 Å². The number of benzene rings is 1. The molecule has 0 aliphatic carbocycles. The van der Waals surface area contributed by atoms with Crippen LogP contribution in [0.4, 0.5) is 14.5 Å². The molecule has 0 bridgehead atoms. The Labute approximate surface area is 99.2 Å². The Kier molecular flexibility index (Phi) is 4.43. The van der Waals surface area contributed by atoms with Gasteiger partial charge in [0.1, 0.15) is 5.82 Å². The number of carbonyl (C=O) groups is 1. The summed E-state index contributed by atoms with van der Waals surface area (Å²) in [6.45, 7) is 4.65. The van der Waals surface area contributed by atoms with E-state index in [0.29, 0.717) is 13.1 Å². The zero-order valence-corrected chi connectivity index (χ0v) is 9.96. The lowest BCUT2D eigenvalue weighted by Crippen LogP contribution is -2.32. The maximum Gasteiger partial charge on any atom is 0.257 e. The van der Waals surface area contributed by atoms with Crippen LogP contribution >= 0.6 is 0 Å². The van der Waals surface area contributed by atoms with E-state index in [4.69, 9.17) is 5.73 Å². The largest absolute Gasteiger partial charge is 0.396 e. The van der Waals surface area contributed by atoms with Gasteiger partial charge in [-0.15, -0.1) is 0 Å². The number of hydrogen-bond acceptors (Lipinski definition) is 2. The Balaban J connectivity index is 3.10. The van der Waals surface area contributed by atoms with E-state index in [1.165, 1.54) is 4.90 Å². The summed E-state index contributed by atoms with van der Waals surface area (Å²) < 4.78 is 26.7. The molecule has 1 aromatic rings. The van der Waals surface area contributed by atoms with E-state index in [9.17, 15) is 13.6 Å². The first-order valence-electron chi connectivity index (χ1n) is 5.55. The molecule has 0 fully saturated rings. The molecule has 0 saturated carbocycles. The monoisotopic (exact) mass is 242 g/mol. The molecule has 0 aliphatic heterocycles. The number of hydrogen-bond donors (Lipinski definition) is 1. The first-order valence-corrected chi connectivity index (χ1v) is 5.55. The van der Waals surface area contributed by atoms with Crippen molar-refractivity contribution in [1.82, 2.24) is 4.90 Å². The number of halogens is 2. The average molecular weight is 242 g/mol. The highest BCUT2D eigenvalue weighted by atomic mass is 19.1. The molecule has 0 aliphatic rings. The van der Waals surface area contributed by atoms with Crippen molar-refractivity contribution in [3.63, 3.8) is 0 Å². The number of nitrogens with two attached hydrogens (primary N) is 1. The zero-order chi connectivity index (χ0) is 13.0. The van der Waals surface area contributed by atoms with E-state index >= 15 is 0 Å². The van der Waals surface area contributed by atoms with Gasteiger partial charge in [0, 0.05) is 13.1 Å². The summed E-state index contributed by atoms with van der Waals surface area (Å²) in [5, 5.41) is 0. The summed E-state index contributed by atoms with van der Waals surface area (Å²) in [5.74, 6) is -2.09. The molecule has 0 heterocycles. The third-order valence-electron chi connectivity index (χ3n) is 2.46. The fourth-order valence-corrected chi connectivity index (χ4v) is 1.61. The highest BCUT2D eigenvalue weighted by molar-refractivity contribution is 5.95. The molecular weight excluding hydrogens is 226 g/mol. The minimum Gasteiger partial charge on any atom is -0.396 e. The number of nitrogens with zero attached hydrogens (tertiary/aromatic N) is 1. The first-order chi connectivity index (χ1) is 8.01. The molecule has 1 amide bonds. The van der Waals surface area contributed by atoms with Crippen LogP contribution in [0.1, 0.15) is 30.6 Å². The number of carbonyl (C=O) groups excluding carboxylic acids is 1. The minimum atomic E-state index is -0.856. The SMILES string of the molecule is CCCN(CC)C(=O)c1cc(F)cc(N)c1F. The summed E-state index contributed by atoms with van der Waals surface area (Å²) in [5.41, 5.74) is 4.64. The van der Waals surface area contributed by atoms with Crippen LogP contribution in [0.5, 0.6) is 0 Å². The third kappa shape index (κ3) is 2.93. The van der Waals surface area contributed by atoms with Gasteiger partial charge in [-0.25, -0.2) is 8.78 Å². The van der Waals surface area contributed by atoms with E-state index in [-0.39, 0.29) is 11.3 Å². The van der Waals surface area contributed by atoms with Crippen LogP contribution in [0.15, 0.2) is 12.1 Å². The quantitative estimate of drug-likeness (QED) is 0.824. The van der Waals surface area contributed by atoms with Gasteiger partial charge in [0.2, 0.25) is 0 Å². The fraction of sp³-hybridized carbons (Fsp3) is 0.417. The lowest BCUT2D eigenvalue weighted by atomic mass is 10.1. The Morgan fingerprint density at radius 1 is 1.35 bits per heavy atom. The van der Waals surface area contributed by atoms with Gasteiger partial charge in [0.25, 0.3) is 5.91 Å². The van der Waals surface area contributed by atoms with Crippen LogP contribution in [-0.2, 0) is 0 Å². The summed E-state index contributed by atoms with van der Waals surface area (Å²) in [7, 11) is 0. The van der Waals surface area contributed by atoms with Gasteiger partial charge in [0.15, 0.2) is 5.82 Å². The lowest BCUT2D eigenvalue weighted by Gasteiger charge is -2.20. The van der Waals surface area contributed by atoms with E-state index in [2.05, 4.69) is 0 Å². The van der Waals surface area contributed by atoms with Gasteiger partial charge < -0.3 is 10.6 Å². The molecule has 3 nitrogen and oxygen atoms in total. The molecule has 0 saturated heterocycles. The van der Waals surface area contributed by atoms with Crippen molar-refractivity contribution in [1.29, 1.82) is 0 Å². The molecular formula is C12H16F2N2O. The second kappa shape index (κ2) is 5.61. The first kappa shape index (κ1) is 13.4. The lowest BCUT2D eigenvalue weighted by molar-refractivity contribution is 0.0759. The maximum absolute atomic E-state index is 13.6. The second-order valence-corrected chi connectivity index (χ2v) is 3.74. The van der Waals surface area contributed by atoms with Crippen molar-refractivity contribution in [2.45, 2.75) is 20.3 Å². The van der Waals surface area contributed by atoms with Crippen molar-refractivity contribution >= 4 is 11.6 Å². The van der Waals surface area contributed by atoms with Crippen molar-refractivity contribution < 1.29 is 13.6 Å². The van der Waals surface area contributed by atoms with Crippen molar-refractivity contribution in [2.75, 3.05) is 18.8 Å². The predicted molar refractivity (Wildman–Crippen MR) is 62.6 cm³/mol. The Morgan fingerprint density at radius 3 is 2.53 bits per heavy atom. The summed E-state index contributed by atoms with van der Waals surface area (Å²) in [6, 6.07) is 1.74. The van der Waals surface area contributed by atoms with E-state index in [1.807, 2.05) is 6.92 Å². The van der Waals surface area contributed by atoms with E-state index in [1.54, 1.807) is 6.92 Å². The van der Waals surface area contributed by atoms with Gasteiger partial charge in [-0.3, -0.25) is 4.79 Å². The van der Waals surface area contributed by atoms with Gasteiger partial charge >= 0.3 is 0 Å². The summed E-state index contributed by atoms with van der Waals surface area (Å²) >= 11 is 0. The predicted octanol–water partition coefficient (Wildman–Crippen LogP) is 2.42. The summed E-state index contributed by atoms with van der Waals surface area (Å²) in [6.07, 6.45) is 0.756. The van der Waals surface area contributed by atoms with Gasteiger partial charge in [-0.1, -0.05) is 6.92 Å². The molecule has 0 aromatic heterocycles. The molecule has 1 aromatic carbocycles. The highest BCUT2D eigenvalue weighted by Gasteiger charge is 2.20. The van der Waals surface area contributed by atoms with Crippen molar-refractivity contribution in [3.8, 4) is 0 Å². The smallest absolute Gasteiger partial charge is 0.257 e. The van der Waals surface area contributed by atoms with Gasteiger partial charge in [0.05, 0.1) is 11.3 Å². The van der Waals surface area contributed by atoms with Crippen LogP contribution in [0.3, 0.4) is 0 Å². The van der Waals surface area contributed by atoms with Crippen LogP contribution in [0.2, 0.25) is 0 Å². The van der Waals surface area contributed by atoms with Gasteiger partial charge in [-0.2, -0.15) is 0 Å². The fourth-order valence-electron chi connectivity index (χ4n) is 1.61. The highest BCUT2D eigenvalue weighted by Crippen LogP contribution is 2.19. The molecule has 1 rings (SSSR count). The number of anilines is 1. The molecule has 0 atom stereocenters. The van der Waals surface area contributed by atoms with Crippen molar-refractivity contribution in [2.24, 2.45) is 0 Å².